The normalized spacial score (nSPS) is 10.8. The van der Waals surface area contributed by atoms with Crippen LogP contribution in [0.2, 0.25) is 0 Å². The summed E-state index contributed by atoms with van der Waals surface area (Å²) in [7, 11) is 1.80. The number of aromatic nitrogens is 4. The molecule has 3 aromatic rings. The van der Waals surface area contributed by atoms with Crippen LogP contribution in [0.4, 0.5) is 5.82 Å². The Hall–Kier alpha value is -2.70. The van der Waals surface area contributed by atoms with Crippen LogP contribution in [-0.4, -0.2) is 26.1 Å². The van der Waals surface area contributed by atoms with E-state index in [0.29, 0.717) is 22.7 Å². The minimum Gasteiger partial charge on any atom is -0.360 e. The number of nitrogens with one attached hydrogen (secondary N) is 1. The van der Waals surface area contributed by atoms with Gasteiger partial charge in [0.15, 0.2) is 5.82 Å². The lowest BCUT2D eigenvalue weighted by Gasteiger charge is -2.01. The van der Waals surface area contributed by atoms with Gasteiger partial charge in [-0.3, -0.25) is 4.79 Å². The highest BCUT2D eigenvalue weighted by atomic mass is 16.5. The highest BCUT2D eigenvalue weighted by Gasteiger charge is 2.11. The van der Waals surface area contributed by atoms with Crippen molar-refractivity contribution in [2.75, 3.05) is 5.32 Å². The van der Waals surface area contributed by atoms with Gasteiger partial charge >= 0.3 is 0 Å². The molecule has 2 heterocycles. The number of carbonyl (C=O) groups excluding carboxylic acids is 1. The first-order valence-electron chi connectivity index (χ1n) is 5.67. The molecule has 1 aromatic carbocycles. The number of rotatable bonds is 2. The van der Waals surface area contributed by atoms with E-state index in [4.69, 9.17) is 4.52 Å². The first-order valence-corrected chi connectivity index (χ1v) is 5.67. The van der Waals surface area contributed by atoms with Crippen molar-refractivity contribution >= 4 is 22.8 Å². The zero-order valence-electron chi connectivity index (χ0n) is 10.4. The molecule has 0 fully saturated rings. The van der Waals surface area contributed by atoms with Crippen molar-refractivity contribution in [3.05, 3.63) is 35.6 Å². The van der Waals surface area contributed by atoms with E-state index in [1.165, 1.54) is 0 Å². The molecule has 19 heavy (non-hydrogen) atoms. The smallest absolute Gasteiger partial charge is 0.256 e. The van der Waals surface area contributed by atoms with Gasteiger partial charge in [-0.25, -0.2) is 4.68 Å². The summed E-state index contributed by atoms with van der Waals surface area (Å²) in [4.78, 5) is 12.0. The van der Waals surface area contributed by atoms with Gasteiger partial charge in [-0.05, 0) is 25.1 Å². The van der Waals surface area contributed by atoms with E-state index in [9.17, 15) is 4.79 Å². The van der Waals surface area contributed by atoms with E-state index >= 15 is 0 Å². The van der Waals surface area contributed by atoms with Gasteiger partial charge in [0.05, 0.1) is 5.52 Å². The van der Waals surface area contributed by atoms with Crippen molar-refractivity contribution in [1.29, 1.82) is 0 Å². The molecule has 0 saturated carbocycles. The van der Waals surface area contributed by atoms with Crippen molar-refractivity contribution in [3.63, 3.8) is 0 Å². The zero-order valence-corrected chi connectivity index (χ0v) is 10.4. The molecule has 96 valence electrons. The van der Waals surface area contributed by atoms with Crippen molar-refractivity contribution in [3.8, 4) is 0 Å². The predicted octanol–water partition coefficient (Wildman–Crippen LogP) is 1.52. The van der Waals surface area contributed by atoms with E-state index in [1.807, 2.05) is 0 Å². The first kappa shape index (κ1) is 11.4. The quantitative estimate of drug-likeness (QED) is 0.752. The molecule has 0 saturated heterocycles. The van der Waals surface area contributed by atoms with E-state index in [0.717, 1.165) is 5.52 Å². The standard InChI is InChI=1S/C12H11N5O2/c1-7-5-11(15-19-7)13-12(18)8-3-4-10-9(6-8)14-16-17(10)2/h3-6H,1-2H3,(H,13,15,18). The highest BCUT2D eigenvalue weighted by molar-refractivity contribution is 6.05. The SMILES string of the molecule is Cc1cc(NC(=O)c2ccc3c(c2)nnn3C)no1. The Bertz CT molecular complexity index is 758. The van der Waals surface area contributed by atoms with E-state index in [2.05, 4.69) is 20.8 Å². The minimum absolute atomic E-state index is 0.263. The Kier molecular flexibility index (Phi) is 2.52. The summed E-state index contributed by atoms with van der Waals surface area (Å²) < 4.78 is 6.54. The lowest BCUT2D eigenvalue weighted by Crippen LogP contribution is -2.11. The second-order valence-corrected chi connectivity index (χ2v) is 4.19. The third kappa shape index (κ3) is 2.05. The second-order valence-electron chi connectivity index (χ2n) is 4.19. The number of carbonyl (C=O) groups is 1. The summed E-state index contributed by atoms with van der Waals surface area (Å²) in [6.45, 7) is 1.76. The number of hydrogen-bond acceptors (Lipinski definition) is 5. The highest BCUT2D eigenvalue weighted by Crippen LogP contribution is 2.14. The summed E-state index contributed by atoms with van der Waals surface area (Å²) in [5.41, 5.74) is 2.04. The van der Waals surface area contributed by atoms with Crippen LogP contribution in [0.15, 0.2) is 28.8 Å². The summed E-state index contributed by atoms with van der Waals surface area (Å²) >= 11 is 0. The minimum atomic E-state index is -0.263. The van der Waals surface area contributed by atoms with Crippen molar-refractivity contribution < 1.29 is 9.32 Å². The van der Waals surface area contributed by atoms with Crippen LogP contribution in [0, 0.1) is 6.92 Å². The van der Waals surface area contributed by atoms with Crippen molar-refractivity contribution in [2.45, 2.75) is 6.92 Å². The van der Waals surface area contributed by atoms with Crippen LogP contribution in [0.25, 0.3) is 11.0 Å². The molecular weight excluding hydrogens is 246 g/mol. The molecule has 0 unspecified atom stereocenters. The Labute approximate surface area is 108 Å². The van der Waals surface area contributed by atoms with Crippen LogP contribution in [0.3, 0.4) is 0 Å². The number of fused-ring (bicyclic) bond motifs is 1. The molecule has 2 aromatic heterocycles. The Morgan fingerprint density at radius 3 is 2.95 bits per heavy atom. The van der Waals surface area contributed by atoms with Gasteiger partial charge in [0, 0.05) is 18.7 Å². The second kappa shape index (κ2) is 4.20. The fraction of sp³-hybridized carbons (Fsp3) is 0.167. The molecule has 3 rings (SSSR count). The van der Waals surface area contributed by atoms with Crippen LogP contribution in [-0.2, 0) is 7.05 Å². The average molecular weight is 257 g/mol. The van der Waals surface area contributed by atoms with Crippen LogP contribution in [0.5, 0.6) is 0 Å². The molecule has 7 nitrogen and oxygen atoms in total. The molecule has 0 aliphatic heterocycles. The molecule has 0 atom stereocenters. The Morgan fingerprint density at radius 1 is 1.37 bits per heavy atom. The molecule has 0 aliphatic rings. The molecule has 1 amide bonds. The number of nitrogens with zero attached hydrogens (tertiary/aromatic N) is 4. The number of anilines is 1. The molecule has 0 spiro atoms. The Morgan fingerprint density at radius 2 is 2.21 bits per heavy atom. The average Bonchev–Trinajstić information content (AvgIpc) is 2.96. The number of amides is 1. The zero-order chi connectivity index (χ0) is 13.4. The molecule has 1 N–H and O–H groups in total. The van der Waals surface area contributed by atoms with E-state index in [-0.39, 0.29) is 5.91 Å². The maximum atomic E-state index is 12.0. The molecule has 0 aliphatic carbocycles. The van der Waals surface area contributed by atoms with Crippen LogP contribution >= 0.6 is 0 Å². The van der Waals surface area contributed by atoms with Gasteiger partial charge < -0.3 is 9.84 Å². The lowest BCUT2D eigenvalue weighted by atomic mass is 10.2. The van der Waals surface area contributed by atoms with Gasteiger partial charge in [0.1, 0.15) is 11.3 Å². The summed E-state index contributed by atoms with van der Waals surface area (Å²) in [5, 5.41) is 14.2. The van der Waals surface area contributed by atoms with Crippen molar-refractivity contribution in [1.82, 2.24) is 20.2 Å². The molecule has 7 heteroatoms. The van der Waals surface area contributed by atoms with E-state index in [1.54, 1.807) is 42.9 Å². The van der Waals surface area contributed by atoms with Gasteiger partial charge in [0.2, 0.25) is 0 Å². The maximum Gasteiger partial charge on any atom is 0.256 e. The summed E-state index contributed by atoms with van der Waals surface area (Å²) in [6, 6.07) is 6.86. The number of aryl methyl sites for hydroxylation is 2. The van der Waals surface area contributed by atoms with Gasteiger partial charge in [0.25, 0.3) is 5.91 Å². The van der Waals surface area contributed by atoms with Gasteiger partial charge in [-0.1, -0.05) is 10.4 Å². The predicted molar refractivity (Wildman–Crippen MR) is 67.7 cm³/mol. The summed E-state index contributed by atoms with van der Waals surface area (Å²) in [6.07, 6.45) is 0. The summed E-state index contributed by atoms with van der Waals surface area (Å²) in [5.74, 6) is 0.766. The maximum absolute atomic E-state index is 12.0. The Balaban J connectivity index is 1.89. The third-order valence-electron chi connectivity index (χ3n) is 2.74. The topological polar surface area (TPSA) is 85.8 Å². The monoisotopic (exact) mass is 257 g/mol. The fourth-order valence-electron chi connectivity index (χ4n) is 1.80. The first-order chi connectivity index (χ1) is 9.13. The number of hydrogen-bond donors (Lipinski definition) is 1. The molecule has 0 radical (unpaired) electrons. The molecular formula is C12H11N5O2. The van der Waals surface area contributed by atoms with Gasteiger partial charge in [-0.15, -0.1) is 5.10 Å². The number of benzene rings is 1. The van der Waals surface area contributed by atoms with Gasteiger partial charge in [-0.2, -0.15) is 0 Å². The molecule has 0 bridgehead atoms. The third-order valence-corrected chi connectivity index (χ3v) is 2.74. The lowest BCUT2D eigenvalue weighted by molar-refractivity contribution is 0.102. The van der Waals surface area contributed by atoms with Crippen LogP contribution < -0.4 is 5.32 Å². The largest absolute Gasteiger partial charge is 0.360 e. The van der Waals surface area contributed by atoms with Crippen LogP contribution in [0.1, 0.15) is 16.1 Å². The van der Waals surface area contributed by atoms with E-state index < -0.39 is 0 Å². The fourth-order valence-corrected chi connectivity index (χ4v) is 1.80. The van der Waals surface area contributed by atoms with Crippen molar-refractivity contribution in [2.24, 2.45) is 7.05 Å².